The Bertz CT molecular complexity index is 251. The van der Waals surface area contributed by atoms with Crippen molar-refractivity contribution in [2.45, 2.75) is 50.9 Å². The third-order valence-corrected chi connectivity index (χ3v) is 4.84. The number of hydrogen-bond donors (Lipinski definition) is 1. The Labute approximate surface area is 117 Å². The average molecular weight is 270 g/mol. The molecule has 1 saturated heterocycles. The van der Waals surface area contributed by atoms with Gasteiger partial charge < -0.3 is 14.8 Å². The fourth-order valence-corrected chi connectivity index (χ4v) is 3.72. The first-order valence-electron chi connectivity index (χ1n) is 7.79. The van der Waals surface area contributed by atoms with Gasteiger partial charge in [0.05, 0.1) is 12.2 Å². The Morgan fingerprint density at radius 3 is 2.37 bits per heavy atom. The zero-order valence-corrected chi connectivity index (χ0v) is 12.7. The molecular weight excluding hydrogens is 240 g/mol. The summed E-state index contributed by atoms with van der Waals surface area (Å²) in [5.74, 6) is 0.863. The standard InChI is InChI=1S/C15H30N2O2/c1-4-16-13-7-5-6-12(13)8-9-17-10-14(18-2)15(11-17)19-3/h12-16H,4-11H2,1-3H3. The highest BCUT2D eigenvalue weighted by Crippen LogP contribution is 2.29. The van der Waals surface area contributed by atoms with Gasteiger partial charge in [0.25, 0.3) is 0 Å². The zero-order valence-electron chi connectivity index (χ0n) is 12.7. The fourth-order valence-electron chi connectivity index (χ4n) is 3.72. The molecule has 1 N–H and O–H groups in total. The van der Waals surface area contributed by atoms with Gasteiger partial charge >= 0.3 is 0 Å². The second-order valence-corrected chi connectivity index (χ2v) is 5.95. The molecule has 2 fully saturated rings. The van der Waals surface area contributed by atoms with Crippen LogP contribution in [-0.2, 0) is 9.47 Å². The zero-order chi connectivity index (χ0) is 13.7. The molecule has 0 amide bonds. The number of likely N-dealkylation sites (tertiary alicyclic amines) is 1. The average Bonchev–Trinajstić information content (AvgIpc) is 3.02. The van der Waals surface area contributed by atoms with E-state index in [-0.39, 0.29) is 12.2 Å². The molecule has 0 aromatic heterocycles. The SMILES string of the molecule is CCNC1CCCC1CCN1CC(OC)C(OC)C1. The van der Waals surface area contributed by atoms with Gasteiger partial charge in [-0.2, -0.15) is 0 Å². The lowest BCUT2D eigenvalue weighted by Gasteiger charge is -2.23. The van der Waals surface area contributed by atoms with Crippen LogP contribution in [0.2, 0.25) is 0 Å². The van der Waals surface area contributed by atoms with Gasteiger partial charge in [-0.1, -0.05) is 13.3 Å². The van der Waals surface area contributed by atoms with Crippen molar-refractivity contribution in [2.75, 3.05) is 40.4 Å². The Balaban J connectivity index is 1.73. The Morgan fingerprint density at radius 1 is 1.11 bits per heavy atom. The predicted molar refractivity (Wildman–Crippen MR) is 77.5 cm³/mol. The maximum atomic E-state index is 5.50. The molecule has 0 aromatic carbocycles. The summed E-state index contributed by atoms with van der Waals surface area (Å²) >= 11 is 0. The molecule has 19 heavy (non-hydrogen) atoms. The van der Waals surface area contributed by atoms with Crippen LogP contribution in [0.25, 0.3) is 0 Å². The van der Waals surface area contributed by atoms with Crippen molar-refractivity contribution >= 4 is 0 Å². The summed E-state index contributed by atoms with van der Waals surface area (Å²) in [6.45, 7) is 6.54. The van der Waals surface area contributed by atoms with Gasteiger partial charge in [0, 0.05) is 33.4 Å². The summed E-state index contributed by atoms with van der Waals surface area (Å²) in [4.78, 5) is 2.50. The number of methoxy groups -OCH3 is 2. The molecule has 0 bridgehead atoms. The molecule has 112 valence electrons. The topological polar surface area (TPSA) is 33.7 Å². The highest BCUT2D eigenvalue weighted by atomic mass is 16.5. The Hall–Kier alpha value is -0.160. The van der Waals surface area contributed by atoms with Crippen LogP contribution in [0.15, 0.2) is 0 Å². The van der Waals surface area contributed by atoms with Crippen LogP contribution in [0.4, 0.5) is 0 Å². The third-order valence-electron chi connectivity index (χ3n) is 4.84. The summed E-state index contributed by atoms with van der Waals surface area (Å²) in [5.41, 5.74) is 0. The van der Waals surface area contributed by atoms with Crippen LogP contribution in [0.1, 0.15) is 32.6 Å². The van der Waals surface area contributed by atoms with Crippen molar-refractivity contribution < 1.29 is 9.47 Å². The van der Waals surface area contributed by atoms with Gasteiger partial charge in [0.2, 0.25) is 0 Å². The van der Waals surface area contributed by atoms with Crippen molar-refractivity contribution in [1.29, 1.82) is 0 Å². The van der Waals surface area contributed by atoms with E-state index in [1.807, 2.05) is 0 Å². The first-order valence-corrected chi connectivity index (χ1v) is 7.79. The second-order valence-electron chi connectivity index (χ2n) is 5.95. The van der Waals surface area contributed by atoms with Crippen LogP contribution in [0.3, 0.4) is 0 Å². The van der Waals surface area contributed by atoms with E-state index in [0.29, 0.717) is 0 Å². The molecule has 2 rings (SSSR count). The molecule has 0 aromatic rings. The van der Waals surface area contributed by atoms with Crippen LogP contribution < -0.4 is 5.32 Å². The predicted octanol–water partition coefficient (Wildman–Crippen LogP) is 1.50. The minimum Gasteiger partial charge on any atom is -0.377 e. The van der Waals surface area contributed by atoms with Gasteiger partial charge in [-0.25, -0.2) is 0 Å². The van der Waals surface area contributed by atoms with Crippen molar-refractivity contribution in [1.82, 2.24) is 10.2 Å². The number of rotatable bonds is 7. The molecule has 4 nitrogen and oxygen atoms in total. The maximum absolute atomic E-state index is 5.50. The van der Waals surface area contributed by atoms with Crippen molar-refractivity contribution in [3.05, 3.63) is 0 Å². The van der Waals surface area contributed by atoms with Gasteiger partial charge in [-0.3, -0.25) is 4.90 Å². The number of nitrogens with zero attached hydrogens (tertiary/aromatic N) is 1. The fraction of sp³-hybridized carbons (Fsp3) is 1.00. The molecule has 2 aliphatic rings. The lowest BCUT2D eigenvalue weighted by atomic mass is 9.99. The summed E-state index contributed by atoms with van der Waals surface area (Å²) in [6.07, 6.45) is 5.96. The van der Waals surface area contributed by atoms with E-state index in [9.17, 15) is 0 Å². The maximum Gasteiger partial charge on any atom is 0.0971 e. The van der Waals surface area contributed by atoms with Crippen molar-refractivity contribution in [3.8, 4) is 0 Å². The highest BCUT2D eigenvalue weighted by Gasteiger charge is 2.34. The van der Waals surface area contributed by atoms with Crippen molar-refractivity contribution in [2.24, 2.45) is 5.92 Å². The molecule has 0 spiro atoms. The van der Waals surface area contributed by atoms with Crippen LogP contribution in [0.5, 0.6) is 0 Å². The summed E-state index contributed by atoms with van der Waals surface area (Å²) in [5, 5.41) is 3.64. The van der Waals surface area contributed by atoms with Gasteiger partial charge in [-0.15, -0.1) is 0 Å². The largest absolute Gasteiger partial charge is 0.377 e. The monoisotopic (exact) mass is 270 g/mol. The van der Waals surface area contributed by atoms with Crippen LogP contribution in [0, 0.1) is 5.92 Å². The van der Waals surface area contributed by atoms with Gasteiger partial charge in [-0.05, 0) is 38.3 Å². The first kappa shape index (κ1) is 15.2. The third kappa shape index (κ3) is 3.91. The molecule has 1 aliphatic carbocycles. The van der Waals surface area contributed by atoms with E-state index in [1.165, 1.54) is 32.2 Å². The van der Waals surface area contributed by atoms with E-state index in [2.05, 4.69) is 17.1 Å². The molecule has 4 atom stereocenters. The molecule has 0 radical (unpaired) electrons. The minimum absolute atomic E-state index is 0.248. The molecular formula is C15H30N2O2. The lowest BCUT2D eigenvalue weighted by Crippen LogP contribution is -2.34. The van der Waals surface area contributed by atoms with E-state index >= 15 is 0 Å². The minimum atomic E-state index is 0.248. The molecule has 4 unspecified atom stereocenters. The van der Waals surface area contributed by atoms with Gasteiger partial charge in [0.1, 0.15) is 0 Å². The molecule has 4 heteroatoms. The number of hydrogen-bond acceptors (Lipinski definition) is 4. The van der Waals surface area contributed by atoms with Crippen LogP contribution >= 0.6 is 0 Å². The second kappa shape index (κ2) is 7.58. The number of nitrogens with one attached hydrogen (secondary N) is 1. The normalized spacial score (nSPS) is 36.2. The van der Waals surface area contributed by atoms with Crippen LogP contribution in [-0.4, -0.2) is 63.5 Å². The molecule has 1 saturated carbocycles. The van der Waals surface area contributed by atoms with E-state index in [4.69, 9.17) is 9.47 Å². The Kier molecular flexibility index (Phi) is 6.07. The van der Waals surface area contributed by atoms with Gasteiger partial charge in [0.15, 0.2) is 0 Å². The molecule has 1 heterocycles. The quantitative estimate of drug-likeness (QED) is 0.760. The van der Waals surface area contributed by atoms with E-state index in [0.717, 1.165) is 31.6 Å². The Morgan fingerprint density at radius 2 is 1.79 bits per heavy atom. The summed E-state index contributed by atoms with van der Waals surface area (Å²) in [6, 6.07) is 0.754. The molecule has 1 aliphatic heterocycles. The summed E-state index contributed by atoms with van der Waals surface area (Å²) in [7, 11) is 3.58. The van der Waals surface area contributed by atoms with E-state index in [1.54, 1.807) is 14.2 Å². The lowest BCUT2D eigenvalue weighted by molar-refractivity contribution is -0.00461. The summed E-state index contributed by atoms with van der Waals surface area (Å²) < 4.78 is 11.0. The highest BCUT2D eigenvalue weighted by molar-refractivity contribution is 4.88. The first-order chi connectivity index (χ1) is 9.28. The van der Waals surface area contributed by atoms with Crippen molar-refractivity contribution in [3.63, 3.8) is 0 Å². The smallest absolute Gasteiger partial charge is 0.0971 e. The number of ether oxygens (including phenoxy) is 2. The van der Waals surface area contributed by atoms with E-state index < -0.39 is 0 Å².